The molecule has 374 valence electrons. The van der Waals surface area contributed by atoms with Gasteiger partial charge in [0.2, 0.25) is 17.2 Å². The fourth-order valence-electron chi connectivity index (χ4n) is 6.05. The van der Waals surface area contributed by atoms with Crippen molar-refractivity contribution in [2.45, 2.75) is 24.5 Å². The normalized spacial score (nSPS) is 12.0. The first-order valence-corrected chi connectivity index (χ1v) is 26.4. The van der Waals surface area contributed by atoms with Crippen LogP contribution in [0.25, 0.3) is 10.8 Å². The van der Waals surface area contributed by atoms with E-state index in [1.165, 1.54) is 30.3 Å². The van der Waals surface area contributed by atoms with Crippen LogP contribution in [0.3, 0.4) is 0 Å². The fourth-order valence-corrected chi connectivity index (χ4v) is 9.04. The summed E-state index contributed by atoms with van der Waals surface area (Å²) < 4.78 is 182. The molecule has 0 atom stereocenters. The molecule has 6 aromatic carbocycles. The molecule has 0 aliphatic rings. The molecule has 0 aliphatic heterocycles. The molecule has 1 heterocycles. The van der Waals surface area contributed by atoms with Crippen molar-refractivity contribution in [2.24, 2.45) is 30.7 Å². The van der Waals surface area contributed by atoms with Crippen molar-refractivity contribution in [3.63, 3.8) is 0 Å². The maximum Gasteiger partial charge on any atom is 1.00 e. The van der Waals surface area contributed by atoms with E-state index in [0.29, 0.717) is 6.07 Å². The number of rotatable bonds is 16. The van der Waals surface area contributed by atoms with E-state index in [0.717, 1.165) is 73.8 Å². The van der Waals surface area contributed by atoms with E-state index < -0.39 is 109 Å². The third-order valence-corrected chi connectivity index (χ3v) is 13.7. The third kappa shape index (κ3) is 18.5. The number of nitrogens with one attached hydrogen (secondary N) is 2. The van der Waals surface area contributed by atoms with Crippen LogP contribution >= 0.6 is 11.6 Å². The molecule has 7 aromatic rings. The van der Waals surface area contributed by atoms with Crippen LogP contribution in [0.15, 0.2) is 158 Å². The minimum absolute atomic E-state index is 0. The largest absolute Gasteiger partial charge is 1.00 e. The van der Waals surface area contributed by atoms with Gasteiger partial charge in [0.05, 0.1) is 43.8 Å². The number of ether oxygens (including phenoxy) is 1. The first kappa shape index (κ1) is 70.5. The zero-order valence-electron chi connectivity index (χ0n) is 40.2. The molecular weight excluding hydrogens is 1190 g/mol. The number of azo groups is 3. The van der Waals surface area contributed by atoms with Gasteiger partial charge in [-0.3, -0.25) is 4.55 Å². The van der Waals surface area contributed by atoms with E-state index in [1.807, 2.05) is 0 Å². The van der Waals surface area contributed by atoms with Crippen LogP contribution < -0.4 is 168 Å². The second-order valence-electron chi connectivity index (χ2n) is 14.0. The van der Waals surface area contributed by atoms with Crippen LogP contribution in [0.4, 0.5) is 57.4 Å². The monoisotopic (exact) mass is 1210 g/mol. The number of nitrogens with zero attached hydrogens (tertiary/aromatic N) is 9. The molecule has 0 amide bonds. The summed E-state index contributed by atoms with van der Waals surface area (Å²) in [7, 11) is -24.7. The van der Waals surface area contributed by atoms with Crippen molar-refractivity contribution in [3.05, 3.63) is 108 Å². The number of hydrogen-bond acceptors (Lipinski definition) is 27. The van der Waals surface area contributed by atoms with Gasteiger partial charge in [-0.2, -0.15) is 33.6 Å². The summed E-state index contributed by atoms with van der Waals surface area (Å²) in [6, 6.07) is 17.4. The van der Waals surface area contributed by atoms with Gasteiger partial charge >= 0.3 is 148 Å². The molecular formula is C38H23ClN11Na5O17S5. The number of hydrogen-bond donors (Lipinski definition) is 3. The predicted octanol–water partition coefficient (Wildman–Crippen LogP) is -8.62. The van der Waals surface area contributed by atoms with E-state index in [1.54, 1.807) is 0 Å². The summed E-state index contributed by atoms with van der Waals surface area (Å²) in [5, 5.41) is 40.9. The van der Waals surface area contributed by atoms with E-state index in [2.05, 4.69) is 56.3 Å². The average molecular weight is 1220 g/mol. The van der Waals surface area contributed by atoms with Crippen molar-refractivity contribution >= 4 is 130 Å². The number of methoxy groups -OCH3 is 1. The SMILES string of the molecule is COc1cc(N=Nc2c(S(=O)(=O)O)cc3cc(Nc4nc(Cl)nc(Nc5ccc(S(=O)(=O)[O-])cc5)n4)ccc3c2[O-])c(S(=O)(=O)[O-])cc1N=Nc1ccc(N=Nc2ccc(S(=O)(=O)[O-])cc2)cc1S(=O)(=O)[O-].[Na+].[Na+].[Na+].[Na+].[Na+]. The van der Waals surface area contributed by atoms with Crippen molar-refractivity contribution < 1.29 is 222 Å². The van der Waals surface area contributed by atoms with Crippen LogP contribution in [-0.2, 0) is 50.6 Å². The molecule has 1 aromatic heterocycles. The maximum atomic E-state index is 13.8. The van der Waals surface area contributed by atoms with Gasteiger partial charge in [-0.05, 0) is 113 Å². The van der Waals surface area contributed by atoms with Gasteiger partial charge < -0.3 is 38.7 Å². The minimum atomic E-state index is -5.57. The first-order valence-electron chi connectivity index (χ1n) is 18.9. The summed E-state index contributed by atoms with van der Waals surface area (Å²) in [5.74, 6) is -1.96. The molecule has 0 aliphatic carbocycles. The summed E-state index contributed by atoms with van der Waals surface area (Å²) in [5.41, 5.74) is -2.98. The van der Waals surface area contributed by atoms with Crippen molar-refractivity contribution in [1.82, 2.24) is 15.0 Å². The van der Waals surface area contributed by atoms with Gasteiger partial charge in [0.1, 0.15) is 68.2 Å². The van der Waals surface area contributed by atoms with Crippen LogP contribution in [-0.4, -0.2) is 86.9 Å². The predicted molar refractivity (Wildman–Crippen MR) is 241 cm³/mol. The van der Waals surface area contributed by atoms with E-state index in [9.17, 15) is 70.0 Å². The summed E-state index contributed by atoms with van der Waals surface area (Å²) in [6.45, 7) is 0. The van der Waals surface area contributed by atoms with Gasteiger partial charge in [-0.15, -0.1) is 20.5 Å². The minimum Gasteiger partial charge on any atom is -0.871 e. The Morgan fingerprint density at radius 3 is 1.52 bits per heavy atom. The van der Waals surface area contributed by atoms with E-state index in [4.69, 9.17) is 16.3 Å². The van der Waals surface area contributed by atoms with Crippen LogP contribution in [0.5, 0.6) is 11.5 Å². The number of anilines is 4. The summed E-state index contributed by atoms with van der Waals surface area (Å²) in [4.78, 5) is 7.61. The molecule has 7 rings (SSSR count). The molecule has 0 radical (unpaired) electrons. The molecule has 0 saturated carbocycles. The van der Waals surface area contributed by atoms with E-state index >= 15 is 0 Å². The molecule has 77 heavy (non-hydrogen) atoms. The van der Waals surface area contributed by atoms with Crippen LogP contribution in [0, 0.1) is 0 Å². The zero-order chi connectivity index (χ0) is 52.6. The Kier molecular flexibility index (Phi) is 26.0. The Labute approximate surface area is 552 Å². The second-order valence-corrected chi connectivity index (χ2v) is 21.2. The summed E-state index contributed by atoms with van der Waals surface area (Å²) >= 11 is 6.07. The maximum absolute atomic E-state index is 13.8. The zero-order valence-corrected chi connectivity index (χ0v) is 55.1. The Balaban J connectivity index is 0.00000406. The number of aromatic nitrogens is 3. The molecule has 39 heteroatoms. The standard InChI is InChI=1S/C38H28ClN11O17S5.5Na/c1-67-30-17-29(32(71(61,62)63)18-28(30)48-47-27-13-7-23(16-31(27)70(58,59)60)46-45-21-4-10-25(11-5-21)69(55,56)57)49-50-34-33(72(64,65)66)15-19-14-22(6-12-26(19)35(34)51)41-38-43-36(39)42-37(44-38)40-20-2-8-24(9-3-20)68(52,53)54;;;;;/h2-18,51H,1H3,(H,52,53,54)(H,55,56,57)(H,58,59,60)(H,61,62,63)(H,64,65,66)(H2,40,41,42,43,44);;;;;/q;5*+1/p-5. The molecule has 0 spiro atoms. The molecule has 3 N–H and O–H groups in total. The Bertz CT molecular complexity index is 4050. The van der Waals surface area contributed by atoms with Crippen molar-refractivity contribution in [3.8, 4) is 11.5 Å². The van der Waals surface area contributed by atoms with Crippen LogP contribution in [0.1, 0.15) is 0 Å². The quantitative estimate of drug-likeness (QED) is 0.0459. The molecule has 0 unspecified atom stereocenters. The molecule has 0 bridgehead atoms. The third-order valence-electron chi connectivity index (χ3n) is 9.24. The number of benzene rings is 6. The molecule has 0 fully saturated rings. The van der Waals surface area contributed by atoms with Gasteiger partial charge in [0, 0.05) is 17.4 Å². The Morgan fingerprint density at radius 1 is 0.506 bits per heavy atom. The number of halogens is 1. The Hall–Kier alpha value is -2.57. The van der Waals surface area contributed by atoms with Gasteiger partial charge in [-0.1, -0.05) is 11.8 Å². The Morgan fingerprint density at radius 2 is 0.987 bits per heavy atom. The van der Waals surface area contributed by atoms with Crippen molar-refractivity contribution in [2.75, 3.05) is 17.7 Å². The second kappa shape index (κ2) is 28.4. The molecule has 0 saturated heterocycles. The fraction of sp³-hybridized carbons (Fsp3) is 0.0263. The van der Waals surface area contributed by atoms with E-state index in [-0.39, 0.29) is 198 Å². The summed E-state index contributed by atoms with van der Waals surface area (Å²) in [6.07, 6.45) is 0. The molecule has 28 nitrogen and oxygen atoms in total. The van der Waals surface area contributed by atoms with Crippen LogP contribution in [0.2, 0.25) is 5.28 Å². The smallest absolute Gasteiger partial charge is 0.871 e. The van der Waals surface area contributed by atoms with Gasteiger partial charge in [0.15, 0.2) is 0 Å². The van der Waals surface area contributed by atoms with Crippen molar-refractivity contribution in [1.29, 1.82) is 0 Å². The van der Waals surface area contributed by atoms with Gasteiger partial charge in [0.25, 0.3) is 10.1 Å². The van der Waals surface area contributed by atoms with Gasteiger partial charge in [-0.25, -0.2) is 33.7 Å². The average Bonchev–Trinajstić information content (AvgIpc) is 3.28. The topological polar surface area (TPSA) is 452 Å². The number of fused-ring (bicyclic) bond motifs is 1. The first-order chi connectivity index (χ1) is 33.6.